The third-order valence-corrected chi connectivity index (χ3v) is 14.8. The maximum atomic E-state index is 5.43. The van der Waals surface area contributed by atoms with Gasteiger partial charge in [0.25, 0.3) is 0 Å². The molecule has 1 aliphatic rings. The molecule has 0 saturated heterocycles. The van der Waals surface area contributed by atoms with E-state index in [0.29, 0.717) is 0 Å². The Labute approximate surface area is 335 Å². The topological polar surface area (TPSA) is 25.8 Å². The van der Waals surface area contributed by atoms with E-state index >= 15 is 0 Å². The molecule has 0 radical (unpaired) electrons. The Morgan fingerprint density at radius 3 is 1.30 bits per heavy atom. The molecule has 0 spiro atoms. The zero-order valence-electron chi connectivity index (χ0n) is 32.0. The Kier molecular flexibility index (Phi) is 8.66. The average molecular weight is 745 g/mol. The number of fused-ring (bicyclic) bond motifs is 3. The van der Waals surface area contributed by atoms with Gasteiger partial charge in [0, 0.05) is 22.0 Å². The lowest BCUT2D eigenvalue weighted by atomic mass is 9.91. The molecule has 0 amide bonds. The molecule has 0 bridgehead atoms. The predicted octanol–water partition coefficient (Wildman–Crippen LogP) is 12.9. The maximum absolute atomic E-state index is 5.43. The second-order valence-electron chi connectivity index (χ2n) is 15.4. The van der Waals surface area contributed by atoms with Crippen molar-refractivity contribution in [1.82, 2.24) is 9.97 Å². The van der Waals surface area contributed by atoms with Gasteiger partial charge >= 0.3 is 0 Å². The highest BCUT2D eigenvalue weighted by molar-refractivity contribution is 7.03. The van der Waals surface area contributed by atoms with E-state index < -0.39 is 8.07 Å². The molecule has 1 aromatic heterocycles. The van der Waals surface area contributed by atoms with Gasteiger partial charge < -0.3 is 0 Å². The Balaban J connectivity index is 1.05. The first-order valence-corrected chi connectivity index (χ1v) is 22.6. The minimum absolute atomic E-state index is 0.775. The van der Waals surface area contributed by atoms with Gasteiger partial charge in [0.2, 0.25) is 0 Å². The minimum Gasteiger partial charge on any atom is -0.237 e. The second kappa shape index (κ2) is 14.3. The summed E-state index contributed by atoms with van der Waals surface area (Å²) in [5.41, 5.74) is 17.5. The number of rotatable bonds is 7. The van der Waals surface area contributed by atoms with Gasteiger partial charge in [0.15, 0.2) is 5.82 Å². The van der Waals surface area contributed by atoms with E-state index in [1.807, 2.05) is 0 Å². The summed E-state index contributed by atoms with van der Waals surface area (Å²) in [5.74, 6) is 0.775. The molecular weight excluding hydrogens is 705 g/mol. The molecule has 10 rings (SSSR count). The Bertz CT molecular complexity index is 2900. The van der Waals surface area contributed by atoms with Gasteiger partial charge in [-0.3, -0.25) is 0 Å². The van der Waals surface area contributed by atoms with Crippen molar-refractivity contribution in [1.29, 1.82) is 0 Å². The van der Waals surface area contributed by atoms with Gasteiger partial charge in [-0.15, -0.1) is 0 Å². The number of hydrogen-bond donors (Lipinski definition) is 0. The van der Waals surface area contributed by atoms with Crippen LogP contribution in [-0.4, -0.2) is 18.0 Å². The molecule has 9 aromatic rings. The first-order chi connectivity index (χ1) is 28.0. The molecule has 270 valence electrons. The van der Waals surface area contributed by atoms with Crippen LogP contribution in [0.1, 0.15) is 0 Å². The van der Waals surface area contributed by atoms with Crippen molar-refractivity contribution in [3.63, 3.8) is 0 Å². The summed E-state index contributed by atoms with van der Waals surface area (Å²) >= 11 is 0. The zero-order valence-corrected chi connectivity index (χ0v) is 33.0. The largest absolute Gasteiger partial charge is 0.237 e. The van der Waals surface area contributed by atoms with Gasteiger partial charge in [-0.25, -0.2) is 9.97 Å². The van der Waals surface area contributed by atoms with E-state index in [4.69, 9.17) is 9.97 Å². The van der Waals surface area contributed by atoms with Gasteiger partial charge in [-0.1, -0.05) is 189 Å². The summed E-state index contributed by atoms with van der Waals surface area (Å²) < 4.78 is 0. The first-order valence-electron chi connectivity index (χ1n) is 19.6. The Morgan fingerprint density at radius 2 is 0.702 bits per heavy atom. The van der Waals surface area contributed by atoms with Crippen molar-refractivity contribution in [2.45, 2.75) is 13.1 Å². The van der Waals surface area contributed by atoms with Crippen LogP contribution in [0.5, 0.6) is 0 Å². The van der Waals surface area contributed by atoms with E-state index in [-0.39, 0.29) is 0 Å². The summed E-state index contributed by atoms with van der Waals surface area (Å²) in [6.45, 7) is 4.84. The molecule has 8 aromatic carbocycles. The highest BCUT2D eigenvalue weighted by Crippen LogP contribution is 2.38. The molecular formula is C54H40N2Si. The van der Waals surface area contributed by atoms with Crippen LogP contribution in [0.15, 0.2) is 206 Å². The lowest BCUT2D eigenvalue weighted by molar-refractivity contribution is 1.21. The van der Waals surface area contributed by atoms with Crippen LogP contribution in [0.4, 0.5) is 0 Å². The van der Waals surface area contributed by atoms with Gasteiger partial charge in [0.05, 0.1) is 5.69 Å². The van der Waals surface area contributed by atoms with E-state index in [9.17, 15) is 0 Å². The fourth-order valence-corrected chi connectivity index (χ4v) is 11.3. The molecule has 0 N–H and O–H groups in total. The van der Waals surface area contributed by atoms with Crippen LogP contribution in [0, 0.1) is 0 Å². The molecule has 2 nitrogen and oxygen atoms in total. The van der Waals surface area contributed by atoms with Crippen molar-refractivity contribution in [2.24, 2.45) is 0 Å². The van der Waals surface area contributed by atoms with Gasteiger partial charge in [-0.2, -0.15) is 0 Å². The molecule has 0 atom stereocenters. The monoisotopic (exact) mass is 744 g/mol. The third kappa shape index (κ3) is 6.42. The van der Waals surface area contributed by atoms with E-state index in [0.717, 1.165) is 33.8 Å². The highest BCUT2D eigenvalue weighted by Gasteiger charge is 2.41. The minimum atomic E-state index is -2.06. The number of nitrogens with zero attached hydrogens (tertiary/aromatic N) is 2. The summed E-state index contributed by atoms with van der Waals surface area (Å²) in [5, 5.41) is 2.64. The summed E-state index contributed by atoms with van der Waals surface area (Å²) in [4.78, 5) is 10.8. The Morgan fingerprint density at radius 1 is 0.316 bits per heavy atom. The zero-order chi connectivity index (χ0) is 38.3. The standard InChI is InChI=1S/C54H40N2Si/c1-57(2)50-27-13-12-26-49(50)51-52(41-20-10-5-11-21-41)55-53(56-54(51)57)45-25-15-23-43(33-45)42-22-14-24-44(32-42)48-35-46(38-18-8-4-9-19-38)34-47(36-48)40-30-28-39(29-31-40)37-16-6-3-7-17-37/h3-36H,1-2H3. The van der Waals surface area contributed by atoms with E-state index in [1.165, 1.54) is 66.1 Å². The number of aromatic nitrogens is 2. The van der Waals surface area contributed by atoms with Gasteiger partial charge in [-0.05, 0) is 96.7 Å². The van der Waals surface area contributed by atoms with Crippen molar-refractivity contribution >= 4 is 18.6 Å². The highest BCUT2D eigenvalue weighted by atomic mass is 28.3. The number of hydrogen-bond acceptors (Lipinski definition) is 2. The van der Waals surface area contributed by atoms with E-state index in [1.54, 1.807) is 0 Å². The smallest absolute Gasteiger partial charge is 0.159 e. The van der Waals surface area contributed by atoms with E-state index in [2.05, 4.69) is 219 Å². The van der Waals surface area contributed by atoms with Crippen LogP contribution in [-0.2, 0) is 0 Å². The third-order valence-electron chi connectivity index (χ3n) is 11.4. The van der Waals surface area contributed by atoms with Crippen LogP contribution in [0.3, 0.4) is 0 Å². The molecule has 1 aliphatic heterocycles. The normalized spacial score (nSPS) is 12.5. The molecule has 57 heavy (non-hydrogen) atoms. The average Bonchev–Trinajstić information content (AvgIpc) is 3.52. The van der Waals surface area contributed by atoms with Crippen molar-refractivity contribution < 1.29 is 0 Å². The van der Waals surface area contributed by atoms with Crippen LogP contribution in [0.2, 0.25) is 13.1 Å². The molecule has 2 heterocycles. The van der Waals surface area contributed by atoms with Crippen LogP contribution in [0.25, 0.3) is 89.4 Å². The lowest BCUT2D eigenvalue weighted by Gasteiger charge is -2.19. The van der Waals surface area contributed by atoms with Crippen LogP contribution >= 0.6 is 0 Å². The fraction of sp³-hybridized carbons (Fsp3) is 0.0370. The molecule has 3 heteroatoms. The fourth-order valence-electron chi connectivity index (χ4n) is 8.44. The SMILES string of the molecule is C[Si]1(C)c2ccccc2-c2c(-c3ccccc3)nc(-c3cccc(-c4cccc(-c5cc(-c6ccccc6)cc(-c6ccc(-c7ccccc7)cc6)c5)c4)c3)nc21. The summed E-state index contributed by atoms with van der Waals surface area (Å²) in [6, 6.07) is 74.2. The van der Waals surface area contributed by atoms with Crippen molar-refractivity contribution in [3.8, 4) is 89.4 Å². The van der Waals surface area contributed by atoms with Crippen molar-refractivity contribution in [2.75, 3.05) is 0 Å². The molecule has 0 aliphatic carbocycles. The molecule has 0 unspecified atom stereocenters. The maximum Gasteiger partial charge on any atom is 0.159 e. The summed E-state index contributed by atoms with van der Waals surface area (Å²) in [6.07, 6.45) is 0. The molecule has 0 fully saturated rings. The second-order valence-corrected chi connectivity index (χ2v) is 19.7. The lowest BCUT2D eigenvalue weighted by Crippen LogP contribution is -2.50. The van der Waals surface area contributed by atoms with Gasteiger partial charge in [0.1, 0.15) is 8.07 Å². The first kappa shape index (κ1) is 34.5. The van der Waals surface area contributed by atoms with Crippen LogP contribution < -0.4 is 10.5 Å². The predicted molar refractivity (Wildman–Crippen MR) is 242 cm³/mol. The molecule has 0 saturated carbocycles. The van der Waals surface area contributed by atoms with Crippen molar-refractivity contribution in [3.05, 3.63) is 206 Å². The number of benzene rings is 8. The quantitative estimate of drug-likeness (QED) is 0.152. The summed E-state index contributed by atoms with van der Waals surface area (Å²) in [7, 11) is -2.06. The Hall–Kier alpha value is -6.94.